The number of amides is 2. The van der Waals surface area contributed by atoms with Crippen molar-refractivity contribution in [2.75, 3.05) is 26.3 Å². The Bertz CT molecular complexity index is 3730. The van der Waals surface area contributed by atoms with Gasteiger partial charge in [0.1, 0.15) is 71.9 Å². The van der Waals surface area contributed by atoms with Gasteiger partial charge in [0.15, 0.2) is 0 Å². The quantitative estimate of drug-likeness (QED) is 0.0635. The second-order valence-corrected chi connectivity index (χ2v) is 17.3. The molecule has 0 aliphatic carbocycles. The molecule has 0 fully saturated rings. The Morgan fingerprint density at radius 2 is 1.16 bits per heavy atom. The van der Waals surface area contributed by atoms with Crippen molar-refractivity contribution in [1.29, 1.82) is 0 Å². The third-order valence-corrected chi connectivity index (χ3v) is 12.6. The van der Waals surface area contributed by atoms with Crippen LogP contribution < -0.4 is 36.0 Å². The summed E-state index contributed by atoms with van der Waals surface area (Å²) in [6, 6.07) is 27.7. The van der Waals surface area contributed by atoms with Gasteiger partial charge in [-0.05, 0) is 76.3 Å². The molecule has 5 heterocycles. The predicted molar refractivity (Wildman–Crippen MR) is 257 cm³/mol. The van der Waals surface area contributed by atoms with Crippen molar-refractivity contribution < 1.29 is 61.9 Å². The van der Waals surface area contributed by atoms with Crippen molar-refractivity contribution in [2.45, 2.75) is 18.3 Å². The highest BCUT2D eigenvalue weighted by atomic mass is 35.5. The molecule has 5 aromatic carbocycles. The highest BCUT2D eigenvalue weighted by molar-refractivity contribution is 6.31. The topological polar surface area (TPSA) is 238 Å². The molecule has 8 aromatic rings. The smallest absolute Gasteiger partial charge is 0.433 e. The van der Waals surface area contributed by atoms with Crippen molar-refractivity contribution in [3.05, 3.63) is 175 Å². The zero-order valence-corrected chi connectivity index (χ0v) is 38.2. The Balaban J connectivity index is 0.862. The van der Waals surface area contributed by atoms with Crippen molar-refractivity contribution in [2.24, 2.45) is 0 Å². The number of carbonyl (C=O) groups is 4. The van der Waals surface area contributed by atoms with E-state index in [9.17, 15) is 52.2 Å². The van der Waals surface area contributed by atoms with Crippen LogP contribution in [0, 0.1) is 0 Å². The number of aliphatic carboxylic acids is 1. The first-order valence-corrected chi connectivity index (χ1v) is 22.4. The van der Waals surface area contributed by atoms with Gasteiger partial charge in [0.25, 0.3) is 22.9 Å². The molecule has 2 aliphatic rings. The Morgan fingerprint density at radius 1 is 0.671 bits per heavy atom. The summed E-state index contributed by atoms with van der Waals surface area (Å²) < 4.78 is 59.5. The summed E-state index contributed by atoms with van der Waals surface area (Å²) >= 11 is 6.47. The third-order valence-electron chi connectivity index (χ3n) is 12.4. The van der Waals surface area contributed by atoms with Crippen LogP contribution in [-0.4, -0.2) is 79.5 Å². The number of nitrogens with one attached hydrogen (secondary N) is 2. The Kier molecular flexibility index (Phi) is 12.1. The van der Waals surface area contributed by atoms with Gasteiger partial charge in [-0.1, -0.05) is 78.3 Å². The lowest BCUT2D eigenvalue weighted by atomic mass is 9.98. The molecular formula is C52H35ClF3N5O12. The molecule has 2 amide bonds. The molecule has 73 heavy (non-hydrogen) atoms. The van der Waals surface area contributed by atoms with Crippen molar-refractivity contribution >= 4 is 57.2 Å². The number of hydrogen-bond acceptors (Lipinski definition) is 12. The molecule has 368 valence electrons. The monoisotopic (exact) mass is 1010 g/mol. The lowest BCUT2D eigenvalue weighted by molar-refractivity contribution is -0.141. The first kappa shape index (κ1) is 47.5. The summed E-state index contributed by atoms with van der Waals surface area (Å²) in [6.07, 6.45) is -3.50. The molecule has 10 rings (SSSR count). The number of carboxylic acids is 1. The number of nitrogens with zero attached hydrogens (tertiary/aromatic N) is 3. The SMILES string of the molecule is O=C(O)CNC(=O)c1c(O)c2cccc3c2n(c1=O)C(c1ccc(-c2cc(Cl)cc(OC(=O)CNC(=O)c4c(O)c5cccc6c5n(c4=O)C(c4ccc(-c5ccc(C(F)(F)F)nc5)cc4)CO6)c2)cc1)CO3. The average molecular weight is 1010 g/mol. The number of carbonyl (C=O) groups excluding carboxylic acids is 3. The van der Waals surface area contributed by atoms with E-state index in [1.807, 2.05) is 0 Å². The first-order chi connectivity index (χ1) is 35.0. The van der Waals surface area contributed by atoms with Crippen LogP contribution in [0.25, 0.3) is 44.1 Å². The molecule has 0 spiro atoms. The van der Waals surface area contributed by atoms with Gasteiger partial charge < -0.3 is 40.2 Å². The lowest BCUT2D eigenvalue weighted by Crippen LogP contribution is -2.40. The average Bonchev–Trinajstić information content (AvgIpc) is 3.37. The van der Waals surface area contributed by atoms with E-state index in [0.29, 0.717) is 33.4 Å². The standard InChI is InChI=1S/C52H35ClF3N5O12/c53-31-17-30(26-9-13-28(14-10-26)36-24-72-37-5-1-3-33-44(37)60(36)50(69)42(46(33)65)48(67)58-21-40(62)63)18-32(19-31)73-41(64)22-59-49(68)43-47(66)34-4-2-6-38-45(34)61(51(43)70)35(23-71-38)27-11-7-25(8-12-27)29-15-16-39(57-20-29)52(54,55)56/h1-20,35-36,65-66H,21-24H2,(H,58,67)(H,59,68)(H,62,63). The molecule has 2 unspecified atom stereocenters. The van der Waals surface area contributed by atoms with Gasteiger partial charge in [0.05, 0.1) is 23.1 Å². The number of halogens is 4. The van der Waals surface area contributed by atoms with Crippen molar-refractivity contribution in [3.8, 4) is 51.0 Å². The number of benzene rings is 5. The van der Waals surface area contributed by atoms with Crippen LogP contribution in [-0.2, 0) is 15.8 Å². The van der Waals surface area contributed by atoms with Gasteiger partial charge in [-0.15, -0.1) is 0 Å². The van der Waals surface area contributed by atoms with Crippen molar-refractivity contribution in [3.63, 3.8) is 0 Å². The maximum Gasteiger partial charge on any atom is 0.433 e. The highest BCUT2D eigenvalue weighted by Gasteiger charge is 2.35. The lowest BCUT2D eigenvalue weighted by Gasteiger charge is -2.29. The number of hydrogen-bond donors (Lipinski definition) is 5. The maximum absolute atomic E-state index is 14.3. The van der Waals surface area contributed by atoms with Crippen LogP contribution >= 0.6 is 11.6 Å². The minimum absolute atomic E-state index is 0.0103. The molecular weight excluding hydrogens is 979 g/mol. The number of para-hydroxylation sites is 2. The molecule has 17 nitrogen and oxygen atoms in total. The zero-order valence-electron chi connectivity index (χ0n) is 37.4. The normalized spacial score (nSPS) is 14.7. The van der Waals surface area contributed by atoms with Gasteiger partial charge in [-0.25, -0.2) is 4.79 Å². The Morgan fingerprint density at radius 3 is 1.64 bits per heavy atom. The van der Waals surface area contributed by atoms with E-state index in [1.165, 1.54) is 39.5 Å². The van der Waals surface area contributed by atoms with E-state index in [4.69, 9.17) is 30.9 Å². The van der Waals surface area contributed by atoms with Gasteiger partial charge >= 0.3 is 18.1 Å². The molecule has 21 heteroatoms. The van der Waals surface area contributed by atoms with E-state index in [0.717, 1.165) is 12.3 Å². The summed E-state index contributed by atoms with van der Waals surface area (Å²) in [5, 5.41) is 36.4. The van der Waals surface area contributed by atoms with Crippen molar-refractivity contribution in [1.82, 2.24) is 24.8 Å². The molecule has 3 aromatic heterocycles. The largest absolute Gasteiger partial charge is 0.506 e. The fourth-order valence-corrected chi connectivity index (χ4v) is 9.25. The minimum Gasteiger partial charge on any atom is -0.506 e. The van der Waals surface area contributed by atoms with Crippen LogP contribution in [0.1, 0.15) is 49.6 Å². The number of pyridine rings is 3. The van der Waals surface area contributed by atoms with Crippen LogP contribution in [0.15, 0.2) is 131 Å². The van der Waals surface area contributed by atoms with Gasteiger partial charge in [-0.2, -0.15) is 13.2 Å². The second kappa shape index (κ2) is 18.5. The summed E-state index contributed by atoms with van der Waals surface area (Å²) in [6.45, 7) is -1.64. The fourth-order valence-electron chi connectivity index (χ4n) is 9.02. The zero-order chi connectivity index (χ0) is 51.5. The summed E-state index contributed by atoms with van der Waals surface area (Å²) in [7, 11) is 0. The summed E-state index contributed by atoms with van der Waals surface area (Å²) in [4.78, 5) is 83.0. The molecule has 0 bridgehead atoms. The fraction of sp³-hybridized carbons (Fsp3) is 0.135. The minimum atomic E-state index is -4.60. The number of ether oxygens (including phenoxy) is 3. The molecule has 2 atom stereocenters. The van der Waals surface area contributed by atoms with Crippen LogP contribution in [0.4, 0.5) is 13.2 Å². The van der Waals surface area contributed by atoms with E-state index < -0.39 is 94.5 Å². The first-order valence-electron chi connectivity index (χ1n) is 22.1. The summed E-state index contributed by atoms with van der Waals surface area (Å²) in [5.74, 6) is -5.21. The number of aromatic hydroxyl groups is 2. The van der Waals surface area contributed by atoms with E-state index in [2.05, 4.69) is 15.6 Å². The van der Waals surface area contributed by atoms with Crippen LogP contribution in [0.5, 0.6) is 28.7 Å². The predicted octanol–water partition coefficient (Wildman–Crippen LogP) is 7.24. The van der Waals surface area contributed by atoms with Gasteiger partial charge in [0, 0.05) is 27.6 Å². The van der Waals surface area contributed by atoms with Gasteiger partial charge in [0.2, 0.25) is 0 Å². The Hall–Kier alpha value is -9.17. The summed E-state index contributed by atoms with van der Waals surface area (Å²) in [5.41, 5.74) is -0.521. The maximum atomic E-state index is 14.3. The third kappa shape index (κ3) is 8.77. The second-order valence-electron chi connectivity index (χ2n) is 16.8. The number of rotatable bonds is 11. The Labute approximate surface area is 413 Å². The number of carboxylic acid groups (broad SMARTS) is 1. The van der Waals surface area contributed by atoms with Gasteiger partial charge in [-0.3, -0.25) is 38.1 Å². The molecule has 0 saturated heterocycles. The highest BCUT2D eigenvalue weighted by Crippen LogP contribution is 2.41. The number of esters is 1. The van der Waals surface area contributed by atoms with E-state index >= 15 is 0 Å². The van der Waals surface area contributed by atoms with Crippen LogP contribution in [0.3, 0.4) is 0 Å². The number of alkyl halides is 3. The molecule has 2 aliphatic heterocycles. The number of aromatic nitrogens is 3. The molecule has 5 N–H and O–H groups in total. The molecule has 0 radical (unpaired) electrons. The molecule has 0 saturated carbocycles. The van der Waals surface area contributed by atoms with Crippen LogP contribution in [0.2, 0.25) is 5.02 Å². The van der Waals surface area contributed by atoms with E-state index in [1.54, 1.807) is 78.9 Å². The van der Waals surface area contributed by atoms with E-state index in [-0.39, 0.29) is 57.3 Å².